The van der Waals surface area contributed by atoms with E-state index in [1.807, 2.05) is 5.43 Å². The number of hydrogen-bond acceptors (Lipinski definition) is 6. The Morgan fingerprint density at radius 3 is 2.35 bits per heavy atom. The molecule has 0 aliphatic rings. The third kappa shape index (κ3) is 4.21. The molecule has 118 valence electrons. The Morgan fingerprint density at radius 1 is 1.04 bits per heavy atom. The largest absolute Gasteiger partial charge is 0.507 e. The molecular weight excluding hydrogens is 302 g/mol. The van der Waals surface area contributed by atoms with Gasteiger partial charge in [0.2, 0.25) is 0 Å². The predicted molar refractivity (Wildman–Crippen MR) is 80.5 cm³/mol. The van der Waals surface area contributed by atoms with Crippen LogP contribution in [-0.4, -0.2) is 22.9 Å². The molecule has 8 heteroatoms. The Labute approximate surface area is 130 Å². The highest BCUT2D eigenvalue weighted by atomic mass is 16.5. The molecule has 0 atom stereocenters. The van der Waals surface area contributed by atoms with Crippen LogP contribution in [0, 0.1) is 0 Å². The summed E-state index contributed by atoms with van der Waals surface area (Å²) in [7, 11) is 0. The first kappa shape index (κ1) is 15.8. The monoisotopic (exact) mass is 315 g/mol. The molecule has 0 radical (unpaired) electrons. The highest BCUT2D eigenvalue weighted by Crippen LogP contribution is 2.23. The van der Waals surface area contributed by atoms with Gasteiger partial charge in [-0.25, -0.2) is 4.79 Å². The Morgan fingerprint density at radius 2 is 1.74 bits per heavy atom. The number of phenols is 1. The van der Waals surface area contributed by atoms with Gasteiger partial charge in [-0.1, -0.05) is 18.2 Å². The molecule has 8 nitrogen and oxygen atoms in total. The summed E-state index contributed by atoms with van der Waals surface area (Å²) in [6.07, 6.45) is 0. The number of primary amides is 1. The highest BCUT2D eigenvalue weighted by Gasteiger charge is 2.14. The SMILES string of the molecule is NC(=O)C(=O)NNc1ccc(C(=O)Oc2ccccc2)c(O)c1. The molecule has 0 spiro atoms. The number of carbonyl (C=O) groups is 3. The van der Waals surface area contributed by atoms with E-state index in [1.165, 1.54) is 18.2 Å². The Bertz CT molecular complexity index is 746. The number of anilines is 1. The lowest BCUT2D eigenvalue weighted by atomic mass is 10.2. The molecule has 2 amide bonds. The predicted octanol–water partition coefficient (Wildman–Crippen LogP) is 0.540. The summed E-state index contributed by atoms with van der Waals surface area (Å²) >= 11 is 0. The van der Waals surface area contributed by atoms with Crippen molar-refractivity contribution in [3.05, 3.63) is 54.1 Å². The number of carbonyl (C=O) groups excluding carboxylic acids is 3. The molecule has 0 aliphatic heterocycles. The van der Waals surface area contributed by atoms with Crippen molar-refractivity contribution in [3.8, 4) is 11.5 Å². The zero-order chi connectivity index (χ0) is 16.8. The van der Waals surface area contributed by atoms with Crippen LogP contribution in [0.15, 0.2) is 48.5 Å². The molecule has 0 bridgehead atoms. The van der Waals surface area contributed by atoms with Crippen LogP contribution in [-0.2, 0) is 9.59 Å². The van der Waals surface area contributed by atoms with Crippen LogP contribution < -0.4 is 21.3 Å². The summed E-state index contributed by atoms with van der Waals surface area (Å²) in [4.78, 5) is 33.5. The van der Waals surface area contributed by atoms with Crippen LogP contribution in [0.25, 0.3) is 0 Å². The summed E-state index contributed by atoms with van der Waals surface area (Å²) in [6.45, 7) is 0. The summed E-state index contributed by atoms with van der Waals surface area (Å²) in [5, 5.41) is 9.87. The van der Waals surface area contributed by atoms with Gasteiger partial charge in [0.05, 0.1) is 5.69 Å². The topological polar surface area (TPSA) is 131 Å². The minimum absolute atomic E-state index is 0.0550. The number of aromatic hydroxyl groups is 1. The number of benzene rings is 2. The number of phenolic OH excluding ortho intramolecular Hbond substituents is 1. The Kier molecular flexibility index (Phi) is 4.78. The minimum atomic E-state index is -1.16. The lowest BCUT2D eigenvalue weighted by Gasteiger charge is -2.09. The van der Waals surface area contributed by atoms with Gasteiger partial charge < -0.3 is 15.6 Å². The van der Waals surface area contributed by atoms with Crippen LogP contribution in [0.1, 0.15) is 10.4 Å². The van der Waals surface area contributed by atoms with Crippen LogP contribution in [0.3, 0.4) is 0 Å². The van der Waals surface area contributed by atoms with E-state index < -0.39 is 17.8 Å². The van der Waals surface area contributed by atoms with E-state index in [0.29, 0.717) is 5.75 Å². The molecule has 2 aromatic carbocycles. The molecule has 0 heterocycles. The van der Waals surface area contributed by atoms with Gasteiger partial charge in [-0.15, -0.1) is 0 Å². The average molecular weight is 315 g/mol. The number of ether oxygens (including phenoxy) is 1. The van der Waals surface area contributed by atoms with Gasteiger partial charge in [0, 0.05) is 6.07 Å². The second-order valence-electron chi connectivity index (χ2n) is 4.38. The molecular formula is C15H13N3O5. The molecule has 0 aromatic heterocycles. The van der Waals surface area contributed by atoms with Gasteiger partial charge in [0.15, 0.2) is 0 Å². The lowest BCUT2D eigenvalue weighted by molar-refractivity contribution is -0.136. The molecule has 0 aliphatic carbocycles. The van der Waals surface area contributed by atoms with E-state index in [0.717, 1.165) is 0 Å². The second-order valence-corrected chi connectivity index (χ2v) is 4.38. The van der Waals surface area contributed by atoms with E-state index >= 15 is 0 Å². The van der Waals surface area contributed by atoms with E-state index in [-0.39, 0.29) is 17.0 Å². The van der Waals surface area contributed by atoms with Crippen molar-refractivity contribution < 1.29 is 24.2 Å². The number of para-hydroxylation sites is 1. The van der Waals surface area contributed by atoms with E-state index in [1.54, 1.807) is 30.3 Å². The second kappa shape index (κ2) is 6.94. The fourth-order valence-electron chi connectivity index (χ4n) is 1.62. The molecule has 0 fully saturated rings. The zero-order valence-corrected chi connectivity index (χ0v) is 11.8. The van der Waals surface area contributed by atoms with Crippen molar-refractivity contribution in [1.29, 1.82) is 0 Å². The Hall–Kier alpha value is -3.55. The van der Waals surface area contributed by atoms with Crippen LogP contribution in [0.2, 0.25) is 0 Å². The van der Waals surface area contributed by atoms with Crippen molar-refractivity contribution in [2.45, 2.75) is 0 Å². The highest BCUT2D eigenvalue weighted by molar-refractivity contribution is 6.34. The number of amides is 2. The van der Waals surface area contributed by atoms with Crippen molar-refractivity contribution in [2.24, 2.45) is 5.73 Å². The number of nitrogens with two attached hydrogens (primary N) is 1. The first-order valence-electron chi connectivity index (χ1n) is 6.43. The third-order valence-corrected chi connectivity index (χ3v) is 2.72. The van der Waals surface area contributed by atoms with Crippen molar-refractivity contribution >= 4 is 23.5 Å². The minimum Gasteiger partial charge on any atom is -0.507 e. The first-order chi connectivity index (χ1) is 11.0. The summed E-state index contributed by atoms with van der Waals surface area (Å²) in [5.41, 5.74) is 9.35. The van der Waals surface area contributed by atoms with Crippen molar-refractivity contribution in [2.75, 3.05) is 5.43 Å². The normalized spacial score (nSPS) is 9.74. The van der Waals surface area contributed by atoms with Gasteiger partial charge in [0.1, 0.15) is 17.1 Å². The van der Waals surface area contributed by atoms with Gasteiger partial charge in [-0.3, -0.25) is 20.4 Å². The van der Waals surface area contributed by atoms with Crippen molar-refractivity contribution in [3.63, 3.8) is 0 Å². The summed E-state index contributed by atoms with van der Waals surface area (Å²) in [6, 6.07) is 12.3. The number of esters is 1. The van der Waals surface area contributed by atoms with Crippen molar-refractivity contribution in [1.82, 2.24) is 5.43 Å². The molecule has 2 rings (SSSR count). The molecule has 0 saturated heterocycles. The van der Waals surface area contributed by atoms with Gasteiger partial charge >= 0.3 is 17.8 Å². The standard InChI is InChI=1S/C15H13N3O5/c16-13(20)14(21)18-17-9-6-7-11(12(19)8-9)15(22)23-10-4-2-1-3-5-10/h1-8,17,19H,(H2,16,20)(H,18,21). The van der Waals surface area contributed by atoms with Crippen LogP contribution in [0.5, 0.6) is 11.5 Å². The zero-order valence-electron chi connectivity index (χ0n) is 11.8. The molecule has 5 N–H and O–H groups in total. The van der Waals surface area contributed by atoms with Crippen LogP contribution >= 0.6 is 0 Å². The smallest absolute Gasteiger partial charge is 0.347 e. The van der Waals surface area contributed by atoms with Gasteiger partial charge in [-0.2, -0.15) is 0 Å². The van der Waals surface area contributed by atoms with Gasteiger partial charge in [0.25, 0.3) is 0 Å². The molecule has 2 aromatic rings. The molecule has 0 unspecified atom stereocenters. The number of rotatable bonds is 4. The van der Waals surface area contributed by atoms with E-state index in [4.69, 9.17) is 10.5 Å². The van der Waals surface area contributed by atoms with E-state index in [9.17, 15) is 19.5 Å². The number of hydrazine groups is 1. The van der Waals surface area contributed by atoms with Gasteiger partial charge in [-0.05, 0) is 24.3 Å². The number of nitrogens with one attached hydrogen (secondary N) is 2. The first-order valence-corrected chi connectivity index (χ1v) is 6.43. The van der Waals surface area contributed by atoms with E-state index in [2.05, 4.69) is 5.43 Å². The Balaban J connectivity index is 2.05. The number of hydrogen-bond donors (Lipinski definition) is 4. The molecule has 23 heavy (non-hydrogen) atoms. The molecule has 0 saturated carbocycles. The quantitative estimate of drug-likeness (QED) is 0.282. The third-order valence-electron chi connectivity index (χ3n) is 2.72. The fourth-order valence-corrected chi connectivity index (χ4v) is 1.62. The maximum atomic E-state index is 12.0. The van der Waals surface area contributed by atoms with Crippen LogP contribution in [0.4, 0.5) is 5.69 Å². The average Bonchev–Trinajstić information content (AvgIpc) is 2.53. The maximum Gasteiger partial charge on any atom is 0.347 e. The fraction of sp³-hybridized carbons (Fsp3) is 0. The lowest BCUT2D eigenvalue weighted by Crippen LogP contribution is -2.39. The maximum absolute atomic E-state index is 12.0. The summed E-state index contributed by atoms with van der Waals surface area (Å²) < 4.78 is 5.10. The summed E-state index contributed by atoms with van der Waals surface area (Å²) in [5.74, 6) is -2.96.